The number of aryl methyl sites for hydroxylation is 2. The van der Waals surface area contributed by atoms with Crippen LogP contribution in [-0.4, -0.2) is 5.78 Å². The van der Waals surface area contributed by atoms with E-state index in [9.17, 15) is 9.18 Å². The highest BCUT2D eigenvalue weighted by molar-refractivity contribution is 6.32. The lowest BCUT2D eigenvalue weighted by atomic mass is 9.90. The van der Waals surface area contributed by atoms with E-state index in [0.29, 0.717) is 10.6 Å². The van der Waals surface area contributed by atoms with Crippen LogP contribution in [0.2, 0.25) is 5.02 Å². The van der Waals surface area contributed by atoms with Crippen molar-refractivity contribution in [2.45, 2.75) is 25.7 Å². The number of carbonyl (C=O) groups is 1. The van der Waals surface area contributed by atoms with E-state index in [1.165, 1.54) is 42.2 Å². The van der Waals surface area contributed by atoms with Crippen LogP contribution in [0, 0.1) is 5.82 Å². The van der Waals surface area contributed by atoms with Crippen molar-refractivity contribution in [3.8, 4) is 0 Å². The van der Waals surface area contributed by atoms with Crippen LogP contribution in [0.4, 0.5) is 4.39 Å². The molecule has 3 heteroatoms. The Kier molecular flexibility index (Phi) is 4.39. The number of halogens is 2. The first-order valence-corrected chi connectivity index (χ1v) is 7.81. The summed E-state index contributed by atoms with van der Waals surface area (Å²) >= 11 is 5.95. The second kappa shape index (κ2) is 6.45. The van der Waals surface area contributed by atoms with Gasteiger partial charge >= 0.3 is 0 Å². The average Bonchev–Trinajstić information content (AvgIpc) is 2.53. The van der Waals surface area contributed by atoms with Gasteiger partial charge in [-0.2, -0.15) is 0 Å². The first kappa shape index (κ1) is 15.0. The lowest BCUT2D eigenvalue weighted by molar-refractivity contribution is 0.104. The van der Waals surface area contributed by atoms with Crippen LogP contribution in [0.15, 0.2) is 42.5 Å². The fourth-order valence-corrected chi connectivity index (χ4v) is 3.04. The number of hydrogen-bond acceptors (Lipinski definition) is 1. The molecule has 0 spiro atoms. The van der Waals surface area contributed by atoms with E-state index >= 15 is 0 Å². The molecular formula is C19H16ClFO. The van der Waals surface area contributed by atoms with E-state index in [1.54, 1.807) is 12.1 Å². The predicted octanol–water partition coefficient (Wildman–Crippen LogP) is 5.25. The van der Waals surface area contributed by atoms with Crippen molar-refractivity contribution in [1.82, 2.24) is 0 Å². The average molecular weight is 315 g/mol. The normalized spacial score (nSPS) is 14.1. The van der Waals surface area contributed by atoms with Crippen LogP contribution in [0.1, 0.15) is 39.9 Å². The zero-order valence-electron chi connectivity index (χ0n) is 12.1. The van der Waals surface area contributed by atoms with Crippen molar-refractivity contribution < 1.29 is 9.18 Å². The van der Waals surface area contributed by atoms with Gasteiger partial charge in [0.25, 0.3) is 0 Å². The Bertz CT molecular complexity index is 729. The molecule has 0 heterocycles. The van der Waals surface area contributed by atoms with Crippen LogP contribution >= 0.6 is 11.6 Å². The number of rotatable bonds is 3. The van der Waals surface area contributed by atoms with E-state index in [2.05, 4.69) is 0 Å². The van der Waals surface area contributed by atoms with Crippen LogP contribution in [0.25, 0.3) is 6.08 Å². The van der Waals surface area contributed by atoms with Crippen LogP contribution < -0.4 is 0 Å². The first-order valence-electron chi connectivity index (χ1n) is 7.43. The molecular weight excluding hydrogens is 299 g/mol. The molecule has 22 heavy (non-hydrogen) atoms. The van der Waals surface area contributed by atoms with Crippen LogP contribution in [0.3, 0.4) is 0 Å². The van der Waals surface area contributed by atoms with Gasteiger partial charge in [0.2, 0.25) is 0 Å². The minimum atomic E-state index is -0.429. The fraction of sp³-hybridized carbons (Fsp3) is 0.211. The van der Waals surface area contributed by atoms with Gasteiger partial charge in [-0.15, -0.1) is 0 Å². The highest BCUT2D eigenvalue weighted by Gasteiger charge is 2.12. The predicted molar refractivity (Wildman–Crippen MR) is 87.9 cm³/mol. The lowest BCUT2D eigenvalue weighted by Crippen LogP contribution is -2.05. The Morgan fingerprint density at radius 3 is 2.64 bits per heavy atom. The molecule has 0 saturated carbocycles. The second-order valence-corrected chi connectivity index (χ2v) is 5.93. The van der Waals surface area contributed by atoms with Gasteiger partial charge in [0.05, 0.1) is 5.02 Å². The first-order chi connectivity index (χ1) is 10.6. The standard InChI is InChI=1S/C19H16ClFO/c20-17-6-3-7-18(21)16(17)10-11-19(22)15-9-8-13-4-1-2-5-14(13)12-15/h3,6-12H,1-2,4-5H2/b11-10+. The lowest BCUT2D eigenvalue weighted by Gasteiger charge is -2.15. The Morgan fingerprint density at radius 1 is 1.09 bits per heavy atom. The summed E-state index contributed by atoms with van der Waals surface area (Å²) in [5, 5.41) is 0.300. The van der Waals surface area contributed by atoms with Crippen molar-refractivity contribution in [3.63, 3.8) is 0 Å². The molecule has 0 radical (unpaired) electrons. The summed E-state index contributed by atoms with van der Waals surface area (Å²) in [6, 6.07) is 10.3. The summed E-state index contributed by atoms with van der Waals surface area (Å²) in [4.78, 5) is 12.3. The summed E-state index contributed by atoms with van der Waals surface area (Å²) in [6.07, 6.45) is 7.33. The number of carbonyl (C=O) groups excluding carboxylic acids is 1. The van der Waals surface area contributed by atoms with Gasteiger partial charge in [-0.3, -0.25) is 4.79 Å². The zero-order valence-corrected chi connectivity index (χ0v) is 12.9. The number of benzene rings is 2. The van der Waals surface area contributed by atoms with E-state index < -0.39 is 5.82 Å². The third-order valence-electron chi connectivity index (χ3n) is 4.03. The van der Waals surface area contributed by atoms with Gasteiger partial charge < -0.3 is 0 Å². The van der Waals surface area contributed by atoms with E-state index in [4.69, 9.17) is 11.6 Å². The third kappa shape index (κ3) is 3.12. The quantitative estimate of drug-likeness (QED) is 0.558. The second-order valence-electron chi connectivity index (χ2n) is 5.52. The summed E-state index contributed by atoms with van der Waals surface area (Å²) in [5.74, 6) is -0.560. The molecule has 0 unspecified atom stereocenters. The molecule has 1 aliphatic carbocycles. The SMILES string of the molecule is O=C(/C=C/c1c(F)cccc1Cl)c1ccc2c(c1)CCCC2. The number of fused-ring (bicyclic) bond motifs is 1. The van der Waals surface area contributed by atoms with Crippen molar-refractivity contribution in [2.24, 2.45) is 0 Å². The van der Waals surface area contributed by atoms with E-state index in [1.807, 2.05) is 18.2 Å². The maximum atomic E-state index is 13.7. The molecule has 0 aliphatic heterocycles. The largest absolute Gasteiger partial charge is 0.289 e. The minimum Gasteiger partial charge on any atom is -0.289 e. The number of ketones is 1. The topological polar surface area (TPSA) is 17.1 Å². The fourth-order valence-electron chi connectivity index (χ4n) is 2.81. The maximum absolute atomic E-state index is 13.7. The maximum Gasteiger partial charge on any atom is 0.185 e. The summed E-state index contributed by atoms with van der Waals surface area (Å²) in [5.41, 5.74) is 3.48. The molecule has 2 aromatic carbocycles. The van der Waals surface area contributed by atoms with Crippen molar-refractivity contribution in [3.05, 3.63) is 75.6 Å². The Balaban J connectivity index is 1.84. The van der Waals surface area contributed by atoms with Crippen LogP contribution in [0.5, 0.6) is 0 Å². The van der Waals surface area contributed by atoms with Gasteiger partial charge in [0, 0.05) is 11.1 Å². The Morgan fingerprint density at radius 2 is 1.86 bits per heavy atom. The molecule has 0 bridgehead atoms. The molecule has 0 N–H and O–H groups in total. The van der Waals surface area contributed by atoms with Crippen molar-refractivity contribution in [1.29, 1.82) is 0 Å². The molecule has 0 aromatic heterocycles. The molecule has 0 atom stereocenters. The molecule has 0 fully saturated rings. The van der Waals surface area contributed by atoms with E-state index in [0.717, 1.165) is 12.8 Å². The summed E-state index contributed by atoms with van der Waals surface area (Å²) in [6.45, 7) is 0. The smallest absolute Gasteiger partial charge is 0.185 e. The molecule has 2 aromatic rings. The van der Waals surface area contributed by atoms with Gasteiger partial charge in [-0.25, -0.2) is 4.39 Å². The Labute approximate surface area is 134 Å². The van der Waals surface area contributed by atoms with E-state index in [-0.39, 0.29) is 11.3 Å². The van der Waals surface area contributed by atoms with Gasteiger partial charge in [0.15, 0.2) is 5.78 Å². The highest BCUT2D eigenvalue weighted by atomic mass is 35.5. The molecule has 1 aliphatic rings. The van der Waals surface area contributed by atoms with Gasteiger partial charge in [0.1, 0.15) is 5.82 Å². The molecule has 0 amide bonds. The molecule has 1 nitrogen and oxygen atoms in total. The minimum absolute atomic E-state index is 0.132. The van der Waals surface area contributed by atoms with Crippen molar-refractivity contribution >= 4 is 23.5 Å². The van der Waals surface area contributed by atoms with Gasteiger partial charge in [-0.05, 0) is 67.2 Å². The molecule has 3 rings (SSSR count). The monoisotopic (exact) mass is 314 g/mol. The highest BCUT2D eigenvalue weighted by Crippen LogP contribution is 2.23. The number of allylic oxidation sites excluding steroid dienone is 1. The number of hydrogen-bond donors (Lipinski definition) is 0. The summed E-state index contributed by atoms with van der Waals surface area (Å²) < 4.78 is 13.7. The van der Waals surface area contributed by atoms with Gasteiger partial charge in [-0.1, -0.05) is 29.8 Å². The third-order valence-corrected chi connectivity index (χ3v) is 4.36. The van der Waals surface area contributed by atoms with Crippen molar-refractivity contribution in [2.75, 3.05) is 0 Å². The summed E-state index contributed by atoms with van der Waals surface area (Å²) in [7, 11) is 0. The van der Waals surface area contributed by atoms with Crippen LogP contribution in [-0.2, 0) is 12.8 Å². The molecule has 0 saturated heterocycles. The Hall–Kier alpha value is -1.93. The zero-order chi connectivity index (χ0) is 15.5. The molecule has 112 valence electrons.